The molecule has 1 heterocycles. The third-order valence-electron chi connectivity index (χ3n) is 2.40. The van der Waals surface area contributed by atoms with Crippen LogP contribution in [0.2, 0.25) is 0 Å². The van der Waals surface area contributed by atoms with E-state index in [-0.39, 0.29) is 25.0 Å². The van der Waals surface area contributed by atoms with E-state index in [0.717, 1.165) is 4.88 Å². The molecule has 1 rings (SSSR count). The van der Waals surface area contributed by atoms with E-state index < -0.39 is 0 Å². The first kappa shape index (κ1) is 17.2. The van der Waals surface area contributed by atoms with Gasteiger partial charge < -0.3 is 15.7 Å². The van der Waals surface area contributed by atoms with E-state index in [1.807, 2.05) is 13.8 Å². The maximum absolute atomic E-state index is 11.9. The zero-order chi connectivity index (χ0) is 15.7. The summed E-state index contributed by atoms with van der Waals surface area (Å²) >= 11 is 1.26. The van der Waals surface area contributed by atoms with Gasteiger partial charge in [-0.3, -0.25) is 9.59 Å². The molecule has 1 aromatic heterocycles. The molecule has 0 aliphatic carbocycles. The average Bonchev–Trinajstić information content (AvgIpc) is 2.91. The molecule has 0 saturated carbocycles. The summed E-state index contributed by atoms with van der Waals surface area (Å²) in [5.41, 5.74) is 0. The van der Waals surface area contributed by atoms with E-state index in [0.29, 0.717) is 23.8 Å². The fourth-order valence-corrected chi connectivity index (χ4v) is 2.16. The fraction of sp³-hybridized carbons (Fsp3) is 0.467. The van der Waals surface area contributed by atoms with Crippen LogP contribution in [-0.2, 0) is 4.79 Å². The zero-order valence-electron chi connectivity index (χ0n) is 12.2. The minimum Gasteiger partial charge on any atom is -0.395 e. The summed E-state index contributed by atoms with van der Waals surface area (Å²) in [6, 6.07) is 3.43. The highest BCUT2D eigenvalue weighted by Gasteiger charge is 2.10. The van der Waals surface area contributed by atoms with Crippen LogP contribution in [0.15, 0.2) is 12.1 Å². The van der Waals surface area contributed by atoms with E-state index in [2.05, 4.69) is 22.5 Å². The minimum absolute atomic E-state index is 0.0250. The van der Waals surface area contributed by atoms with Crippen molar-refractivity contribution >= 4 is 23.2 Å². The van der Waals surface area contributed by atoms with Crippen LogP contribution in [0.5, 0.6) is 0 Å². The average molecular weight is 308 g/mol. The molecular weight excluding hydrogens is 288 g/mol. The number of aliphatic hydroxyl groups excluding tert-OH is 1. The predicted octanol–water partition coefficient (Wildman–Crippen LogP) is 0.984. The van der Waals surface area contributed by atoms with Crippen LogP contribution in [0.1, 0.15) is 34.8 Å². The van der Waals surface area contributed by atoms with Gasteiger partial charge in [-0.2, -0.15) is 0 Å². The molecule has 0 radical (unpaired) electrons. The number of nitrogens with one attached hydrogen (secondary N) is 2. The Hall–Kier alpha value is -1.84. The van der Waals surface area contributed by atoms with Crippen LogP contribution in [-0.4, -0.2) is 36.6 Å². The highest BCUT2D eigenvalue weighted by atomic mass is 32.1. The molecule has 0 fully saturated rings. The lowest BCUT2D eigenvalue weighted by atomic mass is 10.2. The van der Waals surface area contributed by atoms with Gasteiger partial charge >= 0.3 is 0 Å². The summed E-state index contributed by atoms with van der Waals surface area (Å²) < 4.78 is 0. The smallest absolute Gasteiger partial charge is 0.261 e. The largest absolute Gasteiger partial charge is 0.395 e. The van der Waals surface area contributed by atoms with Gasteiger partial charge in [-0.1, -0.05) is 25.7 Å². The molecule has 0 saturated heterocycles. The normalized spacial score (nSPS) is 9.90. The lowest BCUT2D eigenvalue weighted by Crippen LogP contribution is -2.38. The van der Waals surface area contributed by atoms with Crippen LogP contribution < -0.4 is 10.6 Å². The van der Waals surface area contributed by atoms with Gasteiger partial charge in [0.15, 0.2) is 0 Å². The molecule has 1 aromatic rings. The SMILES string of the molecule is CC(C)CNC(=O)CNC(=O)c1ccc(C#CCCO)s1. The van der Waals surface area contributed by atoms with Gasteiger partial charge in [0.05, 0.1) is 22.9 Å². The molecule has 0 atom stereocenters. The predicted molar refractivity (Wildman–Crippen MR) is 83.1 cm³/mol. The molecule has 2 amide bonds. The number of rotatable bonds is 6. The first-order valence-electron chi connectivity index (χ1n) is 6.77. The first-order valence-corrected chi connectivity index (χ1v) is 7.59. The van der Waals surface area contributed by atoms with E-state index in [9.17, 15) is 9.59 Å². The van der Waals surface area contributed by atoms with Crippen molar-refractivity contribution in [1.82, 2.24) is 10.6 Å². The molecule has 0 aromatic carbocycles. The van der Waals surface area contributed by atoms with Crippen LogP contribution >= 0.6 is 11.3 Å². The quantitative estimate of drug-likeness (QED) is 0.686. The number of aliphatic hydroxyl groups is 1. The van der Waals surface area contributed by atoms with Gasteiger partial charge in [0.25, 0.3) is 5.91 Å². The molecule has 0 aliphatic rings. The number of thiophene rings is 1. The summed E-state index contributed by atoms with van der Waals surface area (Å²) in [5, 5.41) is 13.9. The Morgan fingerprint density at radius 3 is 2.76 bits per heavy atom. The Morgan fingerprint density at radius 1 is 1.33 bits per heavy atom. The van der Waals surface area contributed by atoms with Crippen molar-refractivity contribution in [2.45, 2.75) is 20.3 Å². The molecule has 0 aliphatic heterocycles. The number of hydrogen-bond donors (Lipinski definition) is 3. The van der Waals surface area contributed by atoms with Crippen molar-refractivity contribution in [3.8, 4) is 11.8 Å². The lowest BCUT2D eigenvalue weighted by molar-refractivity contribution is -0.120. The van der Waals surface area contributed by atoms with Gasteiger partial charge in [0.2, 0.25) is 5.91 Å². The van der Waals surface area contributed by atoms with Gasteiger partial charge in [0, 0.05) is 13.0 Å². The van der Waals surface area contributed by atoms with E-state index >= 15 is 0 Å². The van der Waals surface area contributed by atoms with Crippen LogP contribution in [0.3, 0.4) is 0 Å². The number of hydrogen-bond acceptors (Lipinski definition) is 4. The summed E-state index contributed by atoms with van der Waals surface area (Å²) in [5.74, 6) is 5.56. The maximum Gasteiger partial charge on any atom is 0.261 e. The summed E-state index contributed by atoms with van der Waals surface area (Å²) in [4.78, 5) is 24.6. The molecule has 0 spiro atoms. The molecule has 21 heavy (non-hydrogen) atoms. The van der Waals surface area contributed by atoms with Gasteiger partial charge in [-0.15, -0.1) is 11.3 Å². The maximum atomic E-state index is 11.9. The standard InChI is InChI=1S/C15H20N2O3S/c1-11(2)9-16-14(19)10-17-15(20)13-7-6-12(21-13)5-3-4-8-18/h6-7,11,18H,4,8-10H2,1-2H3,(H,16,19)(H,17,20). The highest BCUT2D eigenvalue weighted by Crippen LogP contribution is 2.15. The number of carbonyl (C=O) groups excluding carboxylic acids is 2. The second-order valence-corrected chi connectivity index (χ2v) is 5.90. The Labute approximate surface area is 128 Å². The Balaban J connectivity index is 2.42. The molecular formula is C15H20N2O3S. The Morgan fingerprint density at radius 2 is 2.10 bits per heavy atom. The van der Waals surface area contributed by atoms with E-state index in [4.69, 9.17) is 5.11 Å². The highest BCUT2D eigenvalue weighted by molar-refractivity contribution is 7.14. The third-order valence-corrected chi connectivity index (χ3v) is 3.39. The minimum atomic E-state index is -0.282. The third kappa shape index (κ3) is 6.93. The molecule has 0 unspecified atom stereocenters. The topological polar surface area (TPSA) is 78.4 Å². The van der Waals surface area contributed by atoms with Crippen molar-refractivity contribution in [3.63, 3.8) is 0 Å². The van der Waals surface area contributed by atoms with Gasteiger partial charge in [-0.25, -0.2) is 0 Å². The molecule has 0 bridgehead atoms. The van der Waals surface area contributed by atoms with Crippen LogP contribution in [0.25, 0.3) is 0 Å². The van der Waals surface area contributed by atoms with Crippen molar-refractivity contribution in [1.29, 1.82) is 0 Å². The molecule has 114 valence electrons. The number of amides is 2. The lowest BCUT2D eigenvalue weighted by Gasteiger charge is -2.07. The van der Waals surface area contributed by atoms with Crippen LogP contribution in [0.4, 0.5) is 0 Å². The Kier molecular flexibility index (Phi) is 7.51. The second-order valence-electron chi connectivity index (χ2n) is 4.82. The molecule has 3 N–H and O–H groups in total. The molecule has 5 nitrogen and oxygen atoms in total. The monoisotopic (exact) mass is 308 g/mol. The summed E-state index contributed by atoms with van der Waals surface area (Å²) in [6.45, 7) is 4.60. The molecule has 6 heteroatoms. The summed E-state index contributed by atoms with van der Waals surface area (Å²) in [6.07, 6.45) is 0.412. The van der Waals surface area contributed by atoms with E-state index in [1.54, 1.807) is 12.1 Å². The zero-order valence-corrected chi connectivity index (χ0v) is 13.0. The van der Waals surface area contributed by atoms with Gasteiger partial charge in [-0.05, 0) is 18.1 Å². The summed E-state index contributed by atoms with van der Waals surface area (Å²) in [7, 11) is 0. The number of carbonyl (C=O) groups is 2. The second kappa shape index (κ2) is 9.16. The van der Waals surface area contributed by atoms with Crippen molar-refractivity contribution in [2.24, 2.45) is 5.92 Å². The van der Waals surface area contributed by atoms with Gasteiger partial charge in [0.1, 0.15) is 0 Å². The van der Waals surface area contributed by atoms with Crippen LogP contribution in [0, 0.1) is 17.8 Å². The Bertz CT molecular complexity index is 541. The van der Waals surface area contributed by atoms with Crippen molar-refractivity contribution in [2.75, 3.05) is 19.7 Å². The van der Waals surface area contributed by atoms with E-state index in [1.165, 1.54) is 11.3 Å². The fourth-order valence-electron chi connectivity index (χ4n) is 1.36. The van der Waals surface area contributed by atoms with Crippen molar-refractivity contribution in [3.05, 3.63) is 21.9 Å². The first-order chi connectivity index (χ1) is 10.0. The van der Waals surface area contributed by atoms with Crippen molar-refractivity contribution < 1.29 is 14.7 Å².